The molecule has 1 fully saturated rings. The molecule has 0 bridgehead atoms. The summed E-state index contributed by atoms with van der Waals surface area (Å²) < 4.78 is 5.37. The fourth-order valence-electron chi connectivity index (χ4n) is 3.27. The van der Waals surface area contributed by atoms with Gasteiger partial charge in [0.15, 0.2) is 0 Å². The van der Waals surface area contributed by atoms with Gasteiger partial charge in [-0.2, -0.15) is 5.21 Å². The average Bonchev–Trinajstić information content (AvgIpc) is 3.45. The Morgan fingerprint density at radius 1 is 1.14 bits per heavy atom. The highest BCUT2D eigenvalue weighted by Gasteiger charge is 2.29. The maximum absolute atomic E-state index is 12.8. The van der Waals surface area contributed by atoms with Gasteiger partial charge >= 0.3 is 6.09 Å². The fraction of sp³-hybridized carbons (Fsp3) is 0.250. The second-order valence-electron chi connectivity index (χ2n) is 6.73. The number of amides is 2. The lowest BCUT2D eigenvalue weighted by atomic mass is 10.1. The molecule has 148 valence electrons. The molecule has 0 spiro atoms. The molecule has 9 nitrogen and oxygen atoms in total. The summed E-state index contributed by atoms with van der Waals surface area (Å²) in [5.74, 6) is 0.114. The molecule has 1 aromatic heterocycles. The van der Waals surface area contributed by atoms with Crippen LogP contribution in [-0.2, 0) is 11.3 Å². The van der Waals surface area contributed by atoms with Crippen LogP contribution in [-0.4, -0.2) is 56.7 Å². The summed E-state index contributed by atoms with van der Waals surface area (Å²) in [5, 5.41) is 16.8. The molecule has 2 N–H and O–H groups in total. The average molecular weight is 392 g/mol. The Hall–Kier alpha value is -3.75. The Labute approximate surface area is 167 Å². The number of H-pyrrole nitrogens is 1. The highest BCUT2D eigenvalue weighted by atomic mass is 16.6. The fourth-order valence-corrected chi connectivity index (χ4v) is 3.27. The quantitative estimate of drug-likeness (QED) is 0.687. The summed E-state index contributed by atoms with van der Waals surface area (Å²) >= 11 is 0. The molecule has 3 aromatic rings. The number of aromatic amines is 1. The van der Waals surface area contributed by atoms with Crippen LogP contribution in [0.1, 0.15) is 22.3 Å². The van der Waals surface area contributed by atoms with Gasteiger partial charge in [0.25, 0.3) is 5.91 Å². The highest BCUT2D eigenvalue weighted by molar-refractivity contribution is 6.00. The number of likely N-dealkylation sites (tertiary alicyclic amines) is 1. The molecule has 1 unspecified atom stereocenters. The first-order valence-electron chi connectivity index (χ1n) is 9.30. The largest absolute Gasteiger partial charge is 0.445 e. The summed E-state index contributed by atoms with van der Waals surface area (Å²) in [5.41, 5.74) is 1.98. The molecular weight excluding hydrogens is 372 g/mol. The molecule has 29 heavy (non-hydrogen) atoms. The number of hydrogen-bond acceptors (Lipinski definition) is 6. The van der Waals surface area contributed by atoms with Crippen LogP contribution < -0.4 is 5.32 Å². The number of hydrogen-bond donors (Lipinski definition) is 2. The topological polar surface area (TPSA) is 113 Å². The lowest BCUT2D eigenvalue weighted by Crippen LogP contribution is -2.38. The van der Waals surface area contributed by atoms with Crippen molar-refractivity contribution in [2.75, 3.05) is 13.1 Å². The maximum atomic E-state index is 12.8. The molecule has 0 aliphatic carbocycles. The van der Waals surface area contributed by atoms with Crippen molar-refractivity contribution in [2.24, 2.45) is 0 Å². The molecule has 1 aliphatic heterocycles. The molecule has 4 rings (SSSR count). The smallest absolute Gasteiger partial charge is 0.410 e. The van der Waals surface area contributed by atoms with Crippen LogP contribution in [0.15, 0.2) is 54.6 Å². The predicted octanol–water partition coefficient (Wildman–Crippen LogP) is 2.01. The lowest BCUT2D eigenvalue weighted by Gasteiger charge is -2.17. The van der Waals surface area contributed by atoms with Gasteiger partial charge < -0.3 is 15.0 Å². The number of nitrogens with zero attached hydrogens (tertiary/aromatic N) is 4. The molecule has 1 atom stereocenters. The minimum Gasteiger partial charge on any atom is -0.445 e. The van der Waals surface area contributed by atoms with Crippen molar-refractivity contribution in [3.05, 3.63) is 65.7 Å². The Morgan fingerprint density at radius 3 is 2.72 bits per heavy atom. The van der Waals surface area contributed by atoms with Crippen molar-refractivity contribution in [1.29, 1.82) is 0 Å². The van der Waals surface area contributed by atoms with E-state index in [0.717, 1.165) is 5.56 Å². The second kappa shape index (κ2) is 8.51. The van der Waals surface area contributed by atoms with Crippen LogP contribution in [0.2, 0.25) is 0 Å². The van der Waals surface area contributed by atoms with Gasteiger partial charge in [0.2, 0.25) is 5.82 Å². The Bertz CT molecular complexity index is 977. The van der Waals surface area contributed by atoms with Gasteiger partial charge in [-0.3, -0.25) is 4.79 Å². The zero-order valence-corrected chi connectivity index (χ0v) is 15.6. The summed E-state index contributed by atoms with van der Waals surface area (Å²) in [6, 6.07) is 16.4. The van der Waals surface area contributed by atoms with E-state index in [-0.39, 0.29) is 24.6 Å². The van der Waals surface area contributed by atoms with E-state index in [0.29, 0.717) is 36.5 Å². The van der Waals surface area contributed by atoms with E-state index in [1.165, 1.54) is 0 Å². The van der Waals surface area contributed by atoms with Gasteiger partial charge in [-0.25, -0.2) is 4.79 Å². The first kappa shape index (κ1) is 18.6. The van der Waals surface area contributed by atoms with E-state index in [2.05, 4.69) is 25.9 Å². The molecule has 0 saturated carbocycles. The van der Waals surface area contributed by atoms with Gasteiger partial charge in [0, 0.05) is 24.7 Å². The third-order valence-corrected chi connectivity index (χ3v) is 4.74. The highest BCUT2D eigenvalue weighted by Crippen LogP contribution is 2.20. The number of carbonyl (C=O) groups excluding carboxylic acids is 2. The third kappa shape index (κ3) is 4.40. The Balaban J connectivity index is 1.33. The molecule has 2 aromatic carbocycles. The van der Waals surface area contributed by atoms with Gasteiger partial charge in [-0.1, -0.05) is 48.5 Å². The number of tetrazole rings is 1. The van der Waals surface area contributed by atoms with Crippen molar-refractivity contribution in [1.82, 2.24) is 30.8 Å². The number of rotatable bonds is 5. The molecule has 2 heterocycles. The van der Waals surface area contributed by atoms with Crippen molar-refractivity contribution >= 4 is 12.0 Å². The van der Waals surface area contributed by atoms with E-state index in [1.54, 1.807) is 23.1 Å². The van der Waals surface area contributed by atoms with Gasteiger partial charge in [0.1, 0.15) is 6.61 Å². The molecule has 9 heteroatoms. The summed E-state index contributed by atoms with van der Waals surface area (Å²) in [4.78, 5) is 26.7. The molecule has 1 aliphatic rings. The monoisotopic (exact) mass is 392 g/mol. The van der Waals surface area contributed by atoms with Crippen LogP contribution in [0.3, 0.4) is 0 Å². The first-order chi connectivity index (χ1) is 14.2. The number of ether oxygens (including phenoxy) is 1. The number of aromatic nitrogens is 4. The van der Waals surface area contributed by atoms with E-state index in [4.69, 9.17) is 4.74 Å². The zero-order valence-electron chi connectivity index (χ0n) is 15.6. The van der Waals surface area contributed by atoms with Gasteiger partial charge in [0.05, 0.1) is 5.56 Å². The number of carbonyl (C=O) groups is 2. The maximum Gasteiger partial charge on any atom is 0.410 e. The summed E-state index contributed by atoms with van der Waals surface area (Å²) in [6.45, 7) is 1.17. The normalized spacial score (nSPS) is 15.9. The van der Waals surface area contributed by atoms with Crippen molar-refractivity contribution in [3.63, 3.8) is 0 Å². The van der Waals surface area contributed by atoms with Gasteiger partial charge in [-0.05, 0) is 23.3 Å². The van der Waals surface area contributed by atoms with E-state index >= 15 is 0 Å². The first-order valence-corrected chi connectivity index (χ1v) is 9.30. The summed E-state index contributed by atoms with van der Waals surface area (Å²) in [6.07, 6.45) is 0.286. The van der Waals surface area contributed by atoms with Crippen molar-refractivity contribution < 1.29 is 14.3 Å². The van der Waals surface area contributed by atoms with Crippen LogP contribution in [0, 0.1) is 0 Å². The Kier molecular flexibility index (Phi) is 5.46. The number of nitrogens with one attached hydrogen (secondary N) is 2. The van der Waals surface area contributed by atoms with Gasteiger partial charge in [-0.15, -0.1) is 10.2 Å². The van der Waals surface area contributed by atoms with Crippen LogP contribution in [0.5, 0.6) is 0 Å². The SMILES string of the molecule is O=C(NC1CCN(C(=O)OCc2ccccc2)C1)c1ccccc1-c1nn[nH]n1. The van der Waals surface area contributed by atoms with Crippen LogP contribution in [0.25, 0.3) is 11.4 Å². The minimum absolute atomic E-state index is 0.148. The summed E-state index contributed by atoms with van der Waals surface area (Å²) in [7, 11) is 0. The van der Waals surface area contributed by atoms with E-state index in [1.807, 2.05) is 36.4 Å². The van der Waals surface area contributed by atoms with Crippen LogP contribution >= 0.6 is 0 Å². The van der Waals surface area contributed by atoms with E-state index < -0.39 is 0 Å². The predicted molar refractivity (Wildman–Crippen MR) is 104 cm³/mol. The number of benzene rings is 2. The molecule has 1 saturated heterocycles. The zero-order chi connectivity index (χ0) is 20.1. The lowest BCUT2D eigenvalue weighted by molar-refractivity contribution is 0.0922. The molecular formula is C20H20N6O3. The van der Waals surface area contributed by atoms with Crippen molar-refractivity contribution in [3.8, 4) is 11.4 Å². The van der Waals surface area contributed by atoms with E-state index in [9.17, 15) is 9.59 Å². The molecule has 2 amide bonds. The second-order valence-corrected chi connectivity index (χ2v) is 6.73. The minimum atomic E-state index is -0.377. The van der Waals surface area contributed by atoms with Crippen LogP contribution in [0.4, 0.5) is 4.79 Å². The third-order valence-electron chi connectivity index (χ3n) is 4.74. The Morgan fingerprint density at radius 2 is 1.93 bits per heavy atom. The standard InChI is InChI=1S/C20H20N6O3/c27-19(17-9-5-4-8-16(17)18-22-24-25-23-18)21-15-10-11-26(12-15)20(28)29-13-14-6-2-1-3-7-14/h1-9,15H,10-13H2,(H,21,27)(H,22,23,24,25). The molecule has 0 radical (unpaired) electrons. The van der Waals surface area contributed by atoms with Crippen molar-refractivity contribution in [2.45, 2.75) is 19.1 Å².